The largest absolute Gasteiger partial charge is 0.479 e. The van der Waals surface area contributed by atoms with E-state index in [0.717, 1.165) is 11.3 Å². The smallest absolute Gasteiger partial charge is 0.341 e. The molecule has 31 heavy (non-hydrogen) atoms. The Balaban J connectivity index is 2.31. The Kier molecular flexibility index (Phi) is 8.73. The summed E-state index contributed by atoms with van der Waals surface area (Å²) in [4.78, 5) is 40.0. The van der Waals surface area contributed by atoms with Crippen molar-refractivity contribution in [2.24, 2.45) is 0 Å². The number of rotatable bonds is 8. The van der Waals surface area contributed by atoms with Crippen molar-refractivity contribution >= 4 is 57.3 Å². The first kappa shape index (κ1) is 25.0. The first-order chi connectivity index (χ1) is 14.6. The third-order valence-electron chi connectivity index (χ3n) is 4.58. The van der Waals surface area contributed by atoms with Gasteiger partial charge in [-0.25, -0.2) is 4.79 Å². The predicted molar refractivity (Wildman–Crippen MR) is 123 cm³/mol. The second-order valence-corrected chi connectivity index (χ2v) is 8.42. The number of amides is 2. The highest BCUT2D eigenvalue weighted by Gasteiger charge is 2.29. The number of benzene rings is 1. The second kappa shape index (κ2) is 10.8. The number of hydrogen-bond donors (Lipinski definition) is 1. The summed E-state index contributed by atoms with van der Waals surface area (Å²) in [6.45, 7) is 7.98. The van der Waals surface area contributed by atoms with Crippen LogP contribution in [-0.2, 0) is 9.53 Å². The van der Waals surface area contributed by atoms with Crippen LogP contribution in [-0.4, -0.2) is 49.0 Å². The number of esters is 1. The average molecular weight is 487 g/mol. The van der Waals surface area contributed by atoms with Gasteiger partial charge in [-0.1, -0.05) is 23.2 Å². The molecule has 1 N–H and O–H groups in total. The van der Waals surface area contributed by atoms with Gasteiger partial charge < -0.3 is 19.7 Å². The zero-order valence-electron chi connectivity index (χ0n) is 17.9. The van der Waals surface area contributed by atoms with E-state index >= 15 is 0 Å². The van der Waals surface area contributed by atoms with Gasteiger partial charge in [0, 0.05) is 18.1 Å². The van der Waals surface area contributed by atoms with Crippen molar-refractivity contribution in [3.05, 3.63) is 44.2 Å². The molecule has 2 amide bonds. The molecule has 0 spiro atoms. The average Bonchev–Trinajstić information content (AvgIpc) is 3.05. The quantitative estimate of drug-likeness (QED) is 0.528. The monoisotopic (exact) mass is 486 g/mol. The van der Waals surface area contributed by atoms with E-state index < -0.39 is 18.0 Å². The molecule has 10 heteroatoms. The highest BCUT2D eigenvalue weighted by Crippen LogP contribution is 2.35. The highest BCUT2D eigenvalue weighted by molar-refractivity contribution is 7.18. The molecule has 1 atom stereocenters. The Labute approximate surface area is 195 Å². The normalized spacial score (nSPS) is 11.6. The van der Waals surface area contributed by atoms with Gasteiger partial charge in [0.15, 0.2) is 6.10 Å². The minimum atomic E-state index is -0.937. The van der Waals surface area contributed by atoms with E-state index in [-0.39, 0.29) is 21.5 Å². The van der Waals surface area contributed by atoms with Crippen molar-refractivity contribution in [2.75, 3.05) is 25.5 Å². The Morgan fingerprint density at radius 1 is 1.19 bits per heavy atom. The molecule has 2 rings (SSSR count). The number of carbonyl (C=O) groups is 3. The van der Waals surface area contributed by atoms with Crippen LogP contribution in [0.2, 0.25) is 10.0 Å². The molecule has 168 valence electrons. The number of hydrogen-bond acceptors (Lipinski definition) is 6. The van der Waals surface area contributed by atoms with Crippen LogP contribution in [0.25, 0.3) is 0 Å². The maximum absolute atomic E-state index is 12.9. The molecule has 1 aromatic heterocycles. The summed E-state index contributed by atoms with van der Waals surface area (Å²) < 4.78 is 10.5. The van der Waals surface area contributed by atoms with E-state index in [0.29, 0.717) is 34.3 Å². The number of thiophene rings is 1. The number of anilines is 1. The number of methoxy groups -OCH3 is 1. The molecule has 1 aromatic carbocycles. The molecule has 0 bridgehead atoms. The van der Waals surface area contributed by atoms with Crippen LogP contribution in [0.5, 0.6) is 5.75 Å². The molecule has 1 unspecified atom stereocenters. The fraction of sp³-hybridized carbons (Fsp3) is 0.381. The Morgan fingerprint density at radius 3 is 2.39 bits per heavy atom. The maximum atomic E-state index is 12.9. The summed E-state index contributed by atoms with van der Waals surface area (Å²) in [5, 5.41) is 3.61. The lowest BCUT2D eigenvalue weighted by molar-refractivity contribution is -0.122. The van der Waals surface area contributed by atoms with Crippen LogP contribution < -0.4 is 10.1 Å². The van der Waals surface area contributed by atoms with E-state index in [1.165, 1.54) is 13.2 Å². The third kappa shape index (κ3) is 5.70. The molecule has 0 aliphatic carbocycles. The number of ether oxygens (including phenoxy) is 2. The molecule has 2 aromatic rings. The fourth-order valence-electron chi connectivity index (χ4n) is 2.84. The lowest BCUT2D eigenvalue weighted by atomic mass is 10.1. The van der Waals surface area contributed by atoms with Crippen LogP contribution in [0.1, 0.15) is 46.4 Å². The van der Waals surface area contributed by atoms with Crippen molar-refractivity contribution in [2.45, 2.75) is 33.8 Å². The SMILES string of the molecule is CCN(CC)C(=O)c1sc(NC(=O)C(C)Oc2ccc(Cl)cc2Cl)c(C(=O)OC)c1C. The van der Waals surface area contributed by atoms with Crippen molar-refractivity contribution in [3.8, 4) is 5.75 Å². The van der Waals surface area contributed by atoms with E-state index in [1.54, 1.807) is 30.9 Å². The van der Waals surface area contributed by atoms with Gasteiger partial charge in [-0.3, -0.25) is 9.59 Å². The van der Waals surface area contributed by atoms with E-state index in [1.807, 2.05) is 13.8 Å². The van der Waals surface area contributed by atoms with E-state index in [4.69, 9.17) is 32.7 Å². The molecule has 7 nitrogen and oxygen atoms in total. The van der Waals surface area contributed by atoms with Gasteiger partial charge in [0.05, 0.1) is 22.6 Å². The van der Waals surface area contributed by atoms with Crippen molar-refractivity contribution in [1.82, 2.24) is 4.90 Å². The summed E-state index contributed by atoms with van der Waals surface area (Å²) in [6.07, 6.45) is -0.937. The van der Waals surface area contributed by atoms with Gasteiger partial charge in [0.25, 0.3) is 11.8 Å². The lowest BCUT2D eigenvalue weighted by Crippen LogP contribution is -2.30. The summed E-state index contributed by atoms with van der Waals surface area (Å²) in [7, 11) is 1.24. The molecular formula is C21H24Cl2N2O5S. The molecule has 0 radical (unpaired) electrons. The Hall–Kier alpha value is -2.29. The standard InChI is InChI=1S/C21H24Cl2N2O5S/c1-6-25(7-2)20(27)17-11(3)16(21(28)29-5)19(31-17)24-18(26)12(4)30-15-9-8-13(22)10-14(15)23/h8-10,12H,6-7H2,1-5H3,(H,24,26). The number of nitrogens with zero attached hydrogens (tertiary/aromatic N) is 1. The maximum Gasteiger partial charge on any atom is 0.341 e. The molecule has 1 heterocycles. The Morgan fingerprint density at radius 2 is 1.84 bits per heavy atom. The number of nitrogens with one attached hydrogen (secondary N) is 1. The fourth-order valence-corrected chi connectivity index (χ4v) is 4.45. The van der Waals surface area contributed by atoms with Crippen LogP contribution in [0.15, 0.2) is 18.2 Å². The predicted octanol–water partition coefficient (Wildman–Crippen LogP) is 5.04. The zero-order valence-corrected chi connectivity index (χ0v) is 20.2. The van der Waals surface area contributed by atoms with E-state index in [2.05, 4.69) is 5.32 Å². The molecule has 0 fully saturated rings. The topological polar surface area (TPSA) is 84.9 Å². The van der Waals surface area contributed by atoms with Gasteiger partial charge in [-0.2, -0.15) is 0 Å². The molecular weight excluding hydrogens is 463 g/mol. The zero-order chi connectivity index (χ0) is 23.3. The van der Waals surface area contributed by atoms with Gasteiger partial charge in [-0.05, 0) is 51.5 Å². The number of halogens is 2. The van der Waals surface area contributed by atoms with Gasteiger partial charge in [0.2, 0.25) is 0 Å². The first-order valence-corrected chi connectivity index (χ1v) is 11.1. The van der Waals surface area contributed by atoms with Crippen LogP contribution in [0, 0.1) is 6.92 Å². The van der Waals surface area contributed by atoms with Crippen LogP contribution >= 0.6 is 34.5 Å². The van der Waals surface area contributed by atoms with E-state index in [9.17, 15) is 14.4 Å². The Bertz CT molecular complexity index is 988. The first-order valence-electron chi connectivity index (χ1n) is 9.58. The van der Waals surface area contributed by atoms with Crippen LogP contribution in [0.4, 0.5) is 5.00 Å². The minimum absolute atomic E-state index is 0.146. The molecule has 0 saturated carbocycles. The molecule has 0 aliphatic rings. The van der Waals surface area contributed by atoms with Gasteiger partial charge in [-0.15, -0.1) is 11.3 Å². The number of carbonyl (C=O) groups excluding carboxylic acids is 3. The van der Waals surface area contributed by atoms with Crippen molar-refractivity contribution in [1.29, 1.82) is 0 Å². The lowest BCUT2D eigenvalue weighted by Gasteiger charge is -2.18. The summed E-state index contributed by atoms with van der Waals surface area (Å²) in [6, 6.07) is 4.66. The van der Waals surface area contributed by atoms with Gasteiger partial charge in [0.1, 0.15) is 10.8 Å². The van der Waals surface area contributed by atoms with Gasteiger partial charge >= 0.3 is 5.97 Å². The summed E-state index contributed by atoms with van der Waals surface area (Å²) in [5.41, 5.74) is 0.603. The minimum Gasteiger partial charge on any atom is -0.479 e. The summed E-state index contributed by atoms with van der Waals surface area (Å²) in [5.74, 6) is -1.08. The third-order valence-corrected chi connectivity index (χ3v) is 6.31. The molecule has 0 aliphatic heterocycles. The molecule has 0 saturated heterocycles. The van der Waals surface area contributed by atoms with Crippen molar-refractivity contribution in [3.63, 3.8) is 0 Å². The highest BCUT2D eigenvalue weighted by atomic mass is 35.5. The summed E-state index contributed by atoms with van der Waals surface area (Å²) >= 11 is 13.0. The van der Waals surface area contributed by atoms with Crippen molar-refractivity contribution < 1.29 is 23.9 Å². The van der Waals surface area contributed by atoms with Crippen LogP contribution in [0.3, 0.4) is 0 Å². The second-order valence-electron chi connectivity index (χ2n) is 6.55.